The first-order valence-electron chi connectivity index (χ1n) is 7.44. The maximum Gasteiger partial charge on any atom is 0.339 e. The highest BCUT2D eigenvalue weighted by Crippen LogP contribution is 2.26. The molecule has 0 amide bonds. The van der Waals surface area contributed by atoms with Crippen molar-refractivity contribution in [2.24, 2.45) is 0 Å². The minimum Gasteiger partial charge on any atom is -0.468 e. The molecular weight excluding hydrogens is 399 g/mol. The Balaban J connectivity index is 2.24. The number of halogens is 2. The highest BCUT2D eigenvalue weighted by molar-refractivity contribution is 7.87. The molecular formula is C18H16Cl2O5S. The lowest BCUT2D eigenvalue weighted by atomic mass is 9.99. The lowest BCUT2D eigenvalue weighted by Crippen LogP contribution is -2.13. The molecule has 2 aromatic rings. The maximum atomic E-state index is 12.3. The minimum atomic E-state index is -3.95. The van der Waals surface area contributed by atoms with Gasteiger partial charge in [0.25, 0.3) is 0 Å². The monoisotopic (exact) mass is 414 g/mol. The number of methoxy groups -OCH3 is 1. The van der Waals surface area contributed by atoms with E-state index in [0.717, 1.165) is 5.56 Å². The van der Waals surface area contributed by atoms with Crippen molar-refractivity contribution >= 4 is 39.3 Å². The predicted molar refractivity (Wildman–Crippen MR) is 100.0 cm³/mol. The number of hydrogen-bond acceptors (Lipinski definition) is 5. The van der Waals surface area contributed by atoms with E-state index >= 15 is 0 Å². The Morgan fingerprint density at radius 3 is 2.12 bits per heavy atom. The average molecular weight is 415 g/mol. The van der Waals surface area contributed by atoms with Gasteiger partial charge in [-0.05, 0) is 42.8 Å². The predicted octanol–water partition coefficient (Wildman–Crippen LogP) is 4.34. The Kier molecular flexibility index (Phi) is 6.69. The molecule has 0 saturated heterocycles. The fourth-order valence-corrected chi connectivity index (χ4v) is 3.35. The van der Waals surface area contributed by atoms with Crippen LogP contribution < -0.4 is 4.18 Å². The summed E-state index contributed by atoms with van der Waals surface area (Å²) in [5.74, 6) is -1.25. The molecule has 5 nitrogen and oxygen atoms in total. The fraction of sp³-hybridized carbons (Fsp3) is 0.167. The Hall–Kier alpha value is -2.02. The molecule has 0 aliphatic rings. The van der Waals surface area contributed by atoms with E-state index in [0.29, 0.717) is 5.56 Å². The van der Waals surface area contributed by atoms with Gasteiger partial charge < -0.3 is 8.92 Å². The first-order valence-corrected chi connectivity index (χ1v) is 9.61. The van der Waals surface area contributed by atoms with E-state index in [-0.39, 0.29) is 15.1 Å². The molecule has 0 spiro atoms. The van der Waals surface area contributed by atoms with Crippen molar-refractivity contribution < 1.29 is 22.1 Å². The van der Waals surface area contributed by atoms with Gasteiger partial charge >= 0.3 is 16.1 Å². The second kappa shape index (κ2) is 8.58. The van der Waals surface area contributed by atoms with Crippen LogP contribution in [0.4, 0.5) is 0 Å². The lowest BCUT2D eigenvalue weighted by molar-refractivity contribution is -0.141. The molecule has 0 aliphatic heterocycles. The van der Waals surface area contributed by atoms with Crippen LogP contribution in [0, 0.1) is 6.92 Å². The summed E-state index contributed by atoms with van der Waals surface area (Å²) < 4.78 is 34.3. The minimum absolute atomic E-state index is 0.0523. The van der Waals surface area contributed by atoms with E-state index in [1.807, 2.05) is 6.92 Å². The summed E-state index contributed by atoms with van der Waals surface area (Å²) in [5, 5.41) is 0. The van der Waals surface area contributed by atoms with Gasteiger partial charge in [0.1, 0.15) is 21.1 Å². The summed E-state index contributed by atoms with van der Waals surface area (Å²) in [4.78, 5) is 11.9. The molecule has 0 saturated carbocycles. The maximum absolute atomic E-state index is 12.3. The van der Waals surface area contributed by atoms with Gasteiger partial charge in [-0.15, -0.1) is 0 Å². The number of rotatable bonds is 6. The Labute approximate surface area is 162 Å². The smallest absolute Gasteiger partial charge is 0.339 e. The Bertz CT molecular complexity index is 900. The van der Waals surface area contributed by atoms with Crippen molar-refractivity contribution in [1.29, 1.82) is 0 Å². The number of carbonyl (C=O) groups excluding carboxylic acids is 1. The molecule has 0 aliphatic carbocycles. The highest BCUT2D eigenvalue weighted by atomic mass is 35.5. The molecule has 26 heavy (non-hydrogen) atoms. The second-order valence-electron chi connectivity index (χ2n) is 5.38. The van der Waals surface area contributed by atoms with E-state index in [2.05, 4.69) is 0 Å². The van der Waals surface area contributed by atoms with Crippen LogP contribution in [0.25, 0.3) is 0 Å². The third kappa shape index (κ3) is 5.24. The summed E-state index contributed by atoms with van der Waals surface area (Å²) in [7, 11) is -2.70. The molecule has 8 heteroatoms. The zero-order valence-corrected chi connectivity index (χ0v) is 16.3. The fourth-order valence-electron chi connectivity index (χ4n) is 2.16. The molecule has 0 aromatic heterocycles. The van der Waals surface area contributed by atoms with Crippen LogP contribution in [0.15, 0.2) is 64.0 Å². The number of benzene rings is 2. The van der Waals surface area contributed by atoms with Gasteiger partial charge in [-0.1, -0.05) is 53.0 Å². The molecule has 0 N–H and O–H groups in total. The van der Waals surface area contributed by atoms with Crippen molar-refractivity contribution in [3.63, 3.8) is 0 Å². The van der Waals surface area contributed by atoms with E-state index < -0.39 is 22.0 Å². The summed E-state index contributed by atoms with van der Waals surface area (Å²) >= 11 is 11.3. The number of ether oxygens (including phenoxy) is 1. The summed E-state index contributed by atoms with van der Waals surface area (Å²) in [5.41, 5.74) is 1.46. The van der Waals surface area contributed by atoms with Gasteiger partial charge in [-0.25, -0.2) is 0 Å². The Morgan fingerprint density at radius 1 is 1.04 bits per heavy atom. The first-order chi connectivity index (χ1) is 12.2. The van der Waals surface area contributed by atoms with E-state index in [4.69, 9.17) is 32.1 Å². The molecule has 0 heterocycles. The number of esters is 1. The summed E-state index contributed by atoms with van der Waals surface area (Å²) in [6.07, 6.45) is 1.33. The van der Waals surface area contributed by atoms with Crippen LogP contribution in [0.2, 0.25) is 0 Å². The number of aryl methyl sites for hydroxylation is 1. The van der Waals surface area contributed by atoms with Crippen LogP contribution >= 0.6 is 23.2 Å². The molecule has 1 unspecified atom stereocenters. The molecule has 0 fully saturated rings. The topological polar surface area (TPSA) is 69.7 Å². The Morgan fingerprint density at radius 2 is 1.62 bits per heavy atom. The van der Waals surface area contributed by atoms with Crippen molar-refractivity contribution in [2.45, 2.75) is 17.7 Å². The average Bonchev–Trinajstić information content (AvgIpc) is 2.60. The highest BCUT2D eigenvalue weighted by Gasteiger charge is 2.21. The standard InChI is InChI=1S/C18H16Cl2O5S/c1-12-3-9-15(10-4-12)26(22,23)25-14-7-5-13(6-8-14)16(11-17(19)20)18(21)24-2/h3-11,16H,1-2H3. The van der Waals surface area contributed by atoms with Crippen LogP contribution in [-0.4, -0.2) is 21.5 Å². The second-order valence-corrected chi connectivity index (χ2v) is 7.93. The quantitative estimate of drug-likeness (QED) is 0.519. The van der Waals surface area contributed by atoms with Crippen molar-refractivity contribution in [2.75, 3.05) is 7.11 Å². The van der Waals surface area contributed by atoms with E-state index in [9.17, 15) is 13.2 Å². The molecule has 2 aromatic carbocycles. The zero-order valence-electron chi connectivity index (χ0n) is 14.0. The van der Waals surface area contributed by atoms with Crippen molar-refractivity contribution in [3.8, 4) is 5.75 Å². The normalized spacial score (nSPS) is 12.2. The van der Waals surface area contributed by atoms with E-state index in [1.165, 1.54) is 49.6 Å². The van der Waals surface area contributed by atoms with E-state index in [1.54, 1.807) is 12.1 Å². The molecule has 0 bridgehead atoms. The SMILES string of the molecule is COC(=O)C(C=C(Cl)Cl)c1ccc(OS(=O)(=O)c2ccc(C)cc2)cc1. The lowest BCUT2D eigenvalue weighted by Gasteiger charge is -2.12. The summed E-state index contributed by atoms with van der Waals surface area (Å²) in [6, 6.07) is 12.3. The summed E-state index contributed by atoms with van der Waals surface area (Å²) in [6.45, 7) is 1.86. The number of hydrogen-bond donors (Lipinski definition) is 0. The van der Waals surface area contributed by atoms with Gasteiger partial charge in [0.15, 0.2) is 0 Å². The van der Waals surface area contributed by atoms with Gasteiger partial charge in [-0.3, -0.25) is 4.79 Å². The molecule has 0 radical (unpaired) electrons. The van der Waals surface area contributed by atoms with Crippen LogP contribution in [0.1, 0.15) is 17.0 Å². The first kappa shape index (κ1) is 20.3. The van der Waals surface area contributed by atoms with Gasteiger partial charge in [0.05, 0.1) is 7.11 Å². The van der Waals surface area contributed by atoms with Gasteiger partial charge in [-0.2, -0.15) is 8.42 Å². The van der Waals surface area contributed by atoms with Crippen LogP contribution in [-0.2, 0) is 19.6 Å². The molecule has 2 rings (SSSR count). The molecule has 138 valence electrons. The zero-order chi connectivity index (χ0) is 19.3. The largest absolute Gasteiger partial charge is 0.468 e. The third-order valence-corrected chi connectivity index (χ3v) is 5.02. The van der Waals surface area contributed by atoms with Crippen LogP contribution in [0.5, 0.6) is 5.75 Å². The van der Waals surface area contributed by atoms with Crippen molar-refractivity contribution in [3.05, 3.63) is 70.2 Å². The van der Waals surface area contributed by atoms with Gasteiger partial charge in [0.2, 0.25) is 0 Å². The van der Waals surface area contributed by atoms with Gasteiger partial charge in [0, 0.05) is 0 Å². The molecule has 1 atom stereocenters. The number of carbonyl (C=O) groups is 1. The third-order valence-electron chi connectivity index (χ3n) is 3.50. The van der Waals surface area contributed by atoms with Crippen LogP contribution in [0.3, 0.4) is 0 Å². The van der Waals surface area contributed by atoms with Crippen molar-refractivity contribution in [1.82, 2.24) is 0 Å².